The molecule has 1 aromatic carbocycles. The quantitative estimate of drug-likeness (QED) is 0.302. The normalized spacial score (nSPS) is 12.4. The minimum atomic E-state index is 0. The fourth-order valence-electron chi connectivity index (χ4n) is 1.81. The number of thioether (sulfide) groups is 1. The summed E-state index contributed by atoms with van der Waals surface area (Å²) in [6, 6.07) is 12.6. The van der Waals surface area contributed by atoms with Crippen molar-refractivity contribution in [3.8, 4) is 0 Å². The Labute approximate surface area is 158 Å². The van der Waals surface area contributed by atoms with Crippen molar-refractivity contribution in [2.75, 3.05) is 13.6 Å². The van der Waals surface area contributed by atoms with Gasteiger partial charge in [0.1, 0.15) is 0 Å². The van der Waals surface area contributed by atoms with E-state index in [0.717, 1.165) is 19.0 Å². The number of halogens is 1. The lowest BCUT2D eigenvalue weighted by atomic mass is 10.3. The number of rotatable bonds is 6. The maximum Gasteiger partial charge on any atom is 0.191 e. The van der Waals surface area contributed by atoms with Crippen molar-refractivity contribution in [3.05, 3.63) is 52.7 Å². The van der Waals surface area contributed by atoms with Crippen LogP contribution >= 0.6 is 47.1 Å². The fourth-order valence-corrected chi connectivity index (χ4v) is 3.43. The van der Waals surface area contributed by atoms with Gasteiger partial charge < -0.3 is 10.6 Å². The molecule has 22 heavy (non-hydrogen) atoms. The highest BCUT2D eigenvalue weighted by Crippen LogP contribution is 2.21. The molecule has 2 rings (SSSR count). The Morgan fingerprint density at radius 1 is 1.23 bits per heavy atom. The first-order valence-electron chi connectivity index (χ1n) is 6.95. The Bertz CT molecular complexity index is 544. The summed E-state index contributed by atoms with van der Waals surface area (Å²) in [4.78, 5) is 5.55. The van der Waals surface area contributed by atoms with Crippen molar-refractivity contribution < 1.29 is 0 Å². The van der Waals surface area contributed by atoms with Crippen LogP contribution in [0.3, 0.4) is 0 Å². The van der Waals surface area contributed by atoms with E-state index in [2.05, 4.69) is 63.6 Å². The van der Waals surface area contributed by atoms with E-state index in [9.17, 15) is 0 Å². The summed E-state index contributed by atoms with van der Waals surface area (Å²) in [5.41, 5.74) is 1.29. The highest BCUT2D eigenvalue weighted by molar-refractivity contribution is 14.0. The summed E-state index contributed by atoms with van der Waals surface area (Å²) in [5, 5.41) is 11.4. The SMILES string of the molecule is CN=C(NCc1ccsc1)NCC(C)Sc1ccccc1.I. The van der Waals surface area contributed by atoms with Crippen molar-refractivity contribution in [3.63, 3.8) is 0 Å². The summed E-state index contributed by atoms with van der Waals surface area (Å²) in [6.45, 7) is 3.91. The van der Waals surface area contributed by atoms with Crippen LogP contribution in [-0.4, -0.2) is 24.8 Å². The molecule has 1 heterocycles. The van der Waals surface area contributed by atoms with Gasteiger partial charge >= 0.3 is 0 Å². The van der Waals surface area contributed by atoms with Gasteiger partial charge in [0.2, 0.25) is 0 Å². The molecule has 1 unspecified atom stereocenters. The molecule has 2 N–H and O–H groups in total. The number of thiophene rings is 1. The summed E-state index contributed by atoms with van der Waals surface area (Å²) < 4.78 is 0. The van der Waals surface area contributed by atoms with Crippen molar-refractivity contribution in [2.45, 2.75) is 23.6 Å². The lowest BCUT2D eigenvalue weighted by Crippen LogP contribution is -2.39. The molecule has 3 nitrogen and oxygen atoms in total. The first-order chi connectivity index (χ1) is 10.3. The molecule has 0 fully saturated rings. The highest BCUT2D eigenvalue weighted by Gasteiger charge is 2.05. The number of aliphatic imine (C=N–C) groups is 1. The number of hydrogen-bond donors (Lipinski definition) is 2. The van der Waals surface area contributed by atoms with Gasteiger partial charge in [0.15, 0.2) is 5.96 Å². The molecular weight excluding hydrogens is 425 g/mol. The van der Waals surface area contributed by atoms with E-state index in [1.807, 2.05) is 17.8 Å². The zero-order valence-electron chi connectivity index (χ0n) is 12.8. The molecule has 6 heteroatoms. The Kier molecular flexibility index (Phi) is 9.58. The van der Waals surface area contributed by atoms with Crippen molar-refractivity contribution in [2.24, 2.45) is 4.99 Å². The van der Waals surface area contributed by atoms with E-state index in [0.29, 0.717) is 5.25 Å². The van der Waals surface area contributed by atoms with E-state index in [1.54, 1.807) is 18.4 Å². The Morgan fingerprint density at radius 3 is 2.64 bits per heavy atom. The lowest BCUT2D eigenvalue weighted by molar-refractivity contribution is 0.791. The molecule has 0 aliphatic rings. The van der Waals surface area contributed by atoms with Crippen LogP contribution in [0.5, 0.6) is 0 Å². The molecule has 0 radical (unpaired) electrons. The van der Waals surface area contributed by atoms with Crippen molar-refractivity contribution in [1.29, 1.82) is 0 Å². The average molecular weight is 447 g/mol. The third-order valence-electron chi connectivity index (χ3n) is 2.90. The van der Waals surface area contributed by atoms with Crippen molar-refractivity contribution in [1.82, 2.24) is 10.6 Å². The fraction of sp³-hybridized carbons (Fsp3) is 0.312. The van der Waals surface area contributed by atoms with E-state index < -0.39 is 0 Å². The Hall–Kier alpha value is -0.730. The van der Waals surface area contributed by atoms with Gasteiger partial charge in [-0.15, -0.1) is 35.7 Å². The van der Waals surface area contributed by atoms with E-state index in [4.69, 9.17) is 0 Å². The first kappa shape index (κ1) is 19.3. The summed E-state index contributed by atoms with van der Waals surface area (Å²) in [5.74, 6) is 0.849. The molecule has 0 saturated carbocycles. The van der Waals surface area contributed by atoms with Crippen LogP contribution < -0.4 is 10.6 Å². The maximum atomic E-state index is 4.26. The molecule has 0 saturated heterocycles. The molecular formula is C16H22IN3S2. The number of nitrogens with zero attached hydrogens (tertiary/aromatic N) is 1. The first-order valence-corrected chi connectivity index (χ1v) is 8.77. The van der Waals surface area contributed by atoms with Gasteiger partial charge in [0.05, 0.1) is 0 Å². The maximum absolute atomic E-state index is 4.26. The second kappa shape index (κ2) is 10.9. The summed E-state index contributed by atoms with van der Waals surface area (Å²) >= 11 is 3.58. The predicted molar refractivity (Wildman–Crippen MR) is 110 cm³/mol. The average Bonchev–Trinajstić information content (AvgIpc) is 3.02. The van der Waals surface area contributed by atoms with Crippen LogP contribution in [0.2, 0.25) is 0 Å². The van der Waals surface area contributed by atoms with Gasteiger partial charge in [-0.25, -0.2) is 0 Å². The topological polar surface area (TPSA) is 36.4 Å². The monoisotopic (exact) mass is 447 g/mol. The minimum absolute atomic E-state index is 0. The Balaban J connectivity index is 0.00000242. The standard InChI is InChI=1S/C16H21N3S2.HI/c1-13(21-15-6-4-3-5-7-15)10-18-16(17-2)19-11-14-8-9-20-12-14;/h3-9,12-13H,10-11H2,1-2H3,(H2,17,18,19);1H. The van der Waals surface area contributed by atoms with Crippen LogP contribution in [0.15, 0.2) is 57.0 Å². The predicted octanol–water partition coefficient (Wildman–Crippen LogP) is 4.21. The molecule has 0 aliphatic carbocycles. The number of nitrogens with one attached hydrogen (secondary N) is 2. The summed E-state index contributed by atoms with van der Waals surface area (Å²) in [7, 11) is 1.80. The van der Waals surface area contributed by atoms with Gasteiger partial charge in [0, 0.05) is 30.3 Å². The van der Waals surface area contributed by atoms with Crippen molar-refractivity contribution >= 4 is 53.0 Å². The van der Waals surface area contributed by atoms with Crippen LogP contribution in [0.25, 0.3) is 0 Å². The molecule has 1 aromatic heterocycles. The van der Waals surface area contributed by atoms with E-state index in [1.165, 1.54) is 10.5 Å². The molecule has 0 bridgehead atoms. The molecule has 2 aromatic rings. The smallest absolute Gasteiger partial charge is 0.191 e. The van der Waals surface area contributed by atoms with Gasteiger partial charge in [-0.3, -0.25) is 4.99 Å². The second-order valence-corrected chi connectivity index (χ2v) is 6.97. The van der Waals surface area contributed by atoms with E-state index >= 15 is 0 Å². The van der Waals surface area contributed by atoms with Crippen LogP contribution in [-0.2, 0) is 6.54 Å². The number of guanidine groups is 1. The largest absolute Gasteiger partial charge is 0.355 e. The van der Waals surface area contributed by atoms with Crippen LogP contribution in [0.1, 0.15) is 12.5 Å². The summed E-state index contributed by atoms with van der Waals surface area (Å²) in [6.07, 6.45) is 0. The molecule has 0 amide bonds. The minimum Gasteiger partial charge on any atom is -0.355 e. The zero-order chi connectivity index (χ0) is 14.9. The zero-order valence-corrected chi connectivity index (χ0v) is 16.7. The van der Waals surface area contributed by atoms with Gasteiger partial charge in [-0.05, 0) is 34.5 Å². The third-order valence-corrected chi connectivity index (χ3v) is 4.75. The van der Waals surface area contributed by atoms with Gasteiger partial charge in [0.25, 0.3) is 0 Å². The molecule has 120 valence electrons. The molecule has 0 spiro atoms. The highest BCUT2D eigenvalue weighted by atomic mass is 127. The molecule has 1 atom stereocenters. The number of hydrogen-bond acceptors (Lipinski definition) is 3. The second-order valence-electron chi connectivity index (χ2n) is 4.68. The molecule has 0 aliphatic heterocycles. The lowest BCUT2D eigenvalue weighted by Gasteiger charge is -2.15. The van der Waals surface area contributed by atoms with Gasteiger partial charge in [-0.2, -0.15) is 11.3 Å². The third kappa shape index (κ3) is 7.02. The van der Waals surface area contributed by atoms with Crippen LogP contribution in [0.4, 0.5) is 0 Å². The van der Waals surface area contributed by atoms with Crippen LogP contribution in [0, 0.1) is 0 Å². The Morgan fingerprint density at radius 2 is 2.00 bits per heavy atom. The van der Waals surface area contributed by atoms with E-state index in [-0.39, 0.29) is 24.0 Å². The van der Waals surface area contributed by atoms with Gasteiger partial charge in [-0.1, -0.05) is 25.1 Å². The number of benzene rings is 1.